The second kappa shape index (κ2) is 1.90. The molecule has 0 saturated heterocycles. The molecule has 2 rings (SSSR count). The standard InChI is InChI=1S/C7H8Cl2/c8-6-4-1-2-5(3-4)7(6)9/h4-5H,1-3H2. The van der Waals surface area contributed by atoms with E-state index in [0.717, 1.165) is 10.1 Å². The van der Waals surface area contributed by atoms with Crippen LogP contribution in [0.2, 0.25) is 0 Å². The molecule has 2 atom stereocenters. The number of hydrogen-bond donors (Lipinski definition) is 0. The van der Waals surface area contributed by atoms with E-state index >= 15 is 0 Å². The highest BCUT2D eigenvalue weighted by Gasteiger charge is 2.37. The Labute approximate surface area is 64.8 Å². The third-order valence-electron chi connectivity index (χ3n) is 2.38. The van der Waals surface area contributed by atoms with E-state index < -0.39 is 0 Å². The summed E-state index contributed by atoms with van der Waals surface area (Å²) in [6.07, 6.45) is 3.75. The molecule has 2 heteroatoms. The summed E-state index contributed by atoms with van der Waals surface area (Å²) >= 11 is 11.8. The minimum absolute atomic E-state index is 0.629. The fourth-order valence-electron chi connectivity index (χ4n) is 1.83. The van der Waals surface area contributed by atoms with E-state index in [9.17, 15) is 0 Å². The summed E-state index contributed by atoms with van der Waals surface area (Å²) in [7, 11) is 0. The second-order valence-corrected chi connectivity index (χ2v) is 3.72. The van der Waals surface area contributed by atoms with Gasteiger partial charge in [-0.25, -0.2) is 0 Å². The molecule has 0 spiro atoms. The number of halogens is 2. The van der Waals surface area contributed by atoms with Gasteiger partial charge >= 0.3 is 0 Å². The lowest BCUT2D eigenvalue weighted by molar-refractivity contribution is 0.682. The maximum Gasteiger partial charge on any atom is 0.0359 e. The lowest BCUT2D eigenvalue weighted by Crippen LogP contribution is -1.93. The van der Waals surface area contributed by atoms with Gasteiger partial charge in [0.1, 0.15) is 0 Å². The first kappa shape index (κ1) is 6.06. The van der Waals surface area contributed by atoms with E-state index in [1.165, 1.54) is 19.3 Å². The van der Waals surface area contributed by atoms with Crippen LogP contribution in [0, 0.1) is 11.8 Å². The molecule has 0 amide bonds. The summed E-state index contributed by atoms with van der Waals surface area (Å²) in [5, 5.41) is 1.90. The van der Waals surface area contributed by atoms with Crippen LogP contribution in [0.1, 0.15) is 19.3 Å². The highest BCUT2D eigenvalue weighted by Crippen LogP contribution is 2.51. The van der Waals surface area contributed by atoms with Crippen molar-refractivity contribution in [3.8, 4) is 0 Å². The molecule has 50 valence electrons. The third-order valence-corrected chi connectivity index (χ3v) is 3.50. The Balaban J connectivity index is 2.36. The van der Waals surface area contributed by atoms with Gasteiger partial charge in [0.15, 0.2) is 0 Å². The van der Waals surface area contributed by atoms with Gasteiger partial charge in [-0.2, -0.15) is 0 Å². The van der Waals surface area contributed by atoms with Crippen LogP contribution in [0.4, 0.5) is 0 Å². The van der Waals surface area contributed by atoms with E-state index in [2.05, 4.69) is 0 Å². The SMILES string of the molecule is ClC1=C(Cl)C2CCC1C2. The quantitative estimate of drug-likeness (QED) is 0.514. The smallest absolute Gasteiger partial charge is 0.0359 e. The number of allylic oxidation sites excluding steroid dienone is 2. The highest BCUT2D eigenvalue weighted by molar-refractivity contribution is 6.40. The maximum absolute atomic E-state index is 5.91. The summed E-state index contributed by atoms with van der Waals surface area (Å²) in [5.41, 5.74) is 0. The predicted molar refractivity (Wildman–Crippen MR) is 39.6 cm³/mol. The summed E-state index contributed by atoms with van der Waals surface area (Å²) in [5.74, 6) is 1.26. The van der Waals surface area contributed by atoms with Crippen molar-refractivity contribution in [1.29, 1.82) is 0 Å². The van der Waals surface area contributed by atoms with Crippen molar-refractivity contribution >= 4 is 23.2 Å². The summed E-state index contributed by atoms with van der Waals surface area (Å²) in [4.78, 5) is 0. The molecule has 2 unspecified atom stereocenters. The Kier molecular flexibility index (Phi) is 1.28. The zero-order valence-electron chi connectivity index (χ0n) is 5.03. The van der Waals surface area contributed by atoms with Crippen molar-refractivity contribution < 1.29 is 0 Å². The predicted octanol–water partition coefficient (Wildman–Crippen LogP) is 3.11. The van der Waals surface area contributed by atoms with E-state index in [-0.39, 0.29) is 0 Å². The number of rotatable bonds is 0. The van der Waals surface area contributed by atoms with Crippen molar-refractivity contribution in [2.45, 2.75) is 19.3 Å². The van der Waals surface area contributed by atoms with Gasteiger partial charge in [-0.3, -0.25) is 0 Å². The molecule has 0 nitrogen and oxygen atoms in total. The molecule has 0 N–H and O–H groups in total. The zero-order chi connectivity index (χ0) is 6.43. The number of fused-ring (bicyclic) bond motifs is 2. The fourth-order valence-corrected chi connectivity index (χ4v) is 2.54. The molecule has 9 heavy (non-hydrogen) atoms. The van der Waals surface area contributed by atoms with Crippen LogP contribution < -0.4 is 0 Å². The molecule has 0 aromatic carbocycles. The molecule has 2 aliphatic rings. The molecule has 0 heterocycles. The molecule has 1 saturated carbocycles. The molecule has 2 aliphatic carbocycles. The molecule has 0 aromatic heterocycles. The van der Waals surface area contributed by atoms with Gasteiger partial charge in [0.05, 0.1) is 0 Å². The van der Waals surface area contributed by atoms with Crippen molar-refractivity contribution in [3.63, 3.8) is 0 Å². The molecule has 0 aromatic rings. The Morgan fingerprint density at radius 3 is 1.67 bits per heavy atom. The molecule has 1 fully saturated rings. The Bertz CT molecular complexity index is 154. The van der Waals surface area contributed by atoms with Gasteiger partial charge in [-0.15, -0.1) is 0 Å². The van der Waals surface area contributed by atoms with E-state index in [0.29, 0.717) is 11.8 Å². The van der Waals surface area contributed by atoms with Crippen molar-refractivity contribution in [1.82, 2.24) is 0 Å². The Morgan fingerprint density at radius 1 is 1.00 bits per heavy atom. The normalized spacial score (nSPS) is 40.7. The maximum atomic E-state index is 5.91. The van der Waals surface area contributed by atoms with Crippen molar-refractivity contribution in [3.05, 3.63) is 10.1 Å². The van der Waals surface area contributed by atoms with Crippen molar-refractivity contribution in [2.24, 2.45) is 11.8 Å². The lowest BCUT2D eigenvalue weighted by atomic mass is 10.1. The Morgan fingerprint density at radius 2 is 1.44 bits per heavy atom. The van der Waals surface area contributed by atoms with Crippen LogP contribution in [0.3, 0.4) is 0 Å². The van der Waals surface area contributed by atoms with E-state index in [1.54, 1.807) is 0 Å². The summed E-state index contributed by atoms with van der Waals surface area (Å²) < 4.78 is 0. The average Bonchev–Trinajstić information content (AvgIpc) is 2.37. The van der Waals surface area contributed by atoms with Crippen LogP contribution >= 0.6 is 23.2 Å². The van der Waals surface area contributed by atoms with Gasteiger partial charge in [-0.1, -0.05) is 23.2 Å². The molecular weight excluding hydrogens is 155 g/mol. The monoisotopic (exact) mass is 162 g/mol. The van der Waals surface area contributed by atoms with Gasteiger partial charge in [0, 0.05) is 10.1 Å². The van der Waals surface area contributed by atoms with Gasteiger partial charge < -0.3 is 0 Å². The largest absolute Gasteiger partial charge is 0.0876 e. The fraction of sp³-hybridized carbons (Fsp3) is 0.714. The van der Waals surface area contributed by atoms with Gasteiger partial charge in [-0.05, 0) is 31.1 Å². The minimum atomic E-state index is 0.629. The van der Waals surface area contributed by atoms with Crippen LogP contribution in [-0.2, 0) is 0 Å². The molecule has 0 aliphatic heterocycles. The highest BCUT2D eigenvalue weighted by atomic mass is 35.5. The van der Waals surface area contributed by atoms with Crippen LogP contribution in [0.25, 0.3) is 0 Å². The average molecular weight is 163 g/mol. The van der Waals surface area contributed by atoms with Gasteiger partial charge in [0.2, 0.25) is 0 Å². The van der Waals surface area contributed by atoms with E-state index in [1.807, 2.05) is 0 Å². The second-order valence-electron chi connectivity index (χ2n) is 2.90. The topological polar surface area (TPSA) is 0 Å². The summed E-state index contributed by atoms with van der Waals surface area (Å²) in [6.45, 7) is 0. The van der Waals surface area contributed by atoms with Crippen LogP contribution in [0.15, 0.2) is 10.1 Å². The number of hydrogen-bond acceptors (Lipinski definition) is 0. The first-order chi connectivity index (χ1) is 4.29. The zero-order valence-corrected chi connectivity index (χ0v) is 6.54. The molecule has 2 bridgehead atoms. The van der Waals surface area contributed by atoms with Crippen molar-refractivity contribution in [2.75, 3.05) is 0 Å². The minimum Gasteiger partial charge on any atom is -0.0876 e. The Hall–Kier alpha value is 0.320. The lowest BCUT2D eigenvalue weighted by Gasteiger charge is -2.08. The van der Waals surface area contributed by atoms with Crippen LogP contribution in [-0.4, -0.2) is 0 Å². The molecule has 0 radical (unpaired) electrons. The van der Waals surface area contributed by atoms with Gasteiger partial charge in [0.25, 0.3) is 0 Å². The third kappa shape index (κ3) is 0.731. The first-order valence-electron chi connectivity index (χ1n) is 3.34. The van der Waals surface area contributed by atoms with Crippen LogP contribution in [0.5, 0.6) is 0 Å². The summed E-state index contributed by atoms with van der Waals surface area (Å²) in [6, 6.07) is 0. The first-order valence-corrected chi connectivity index (χ1v) is 4.09. The van der Waals surface area contributed by atoms with E-state index in [4.69, 9.17) is 23.2 Å². The molecular formula is C7H8Cl2.